The average Bonchev–Trinajstić information content (AvgIpc) is 3.23. The molecule has 0 saturated carbocycles. The lowest BCUT2D eigenvalue weighted by atomic mass is 10.1. The van der Waals surface area contributed by atoms with Gasteiger partial charge in [-0.05, 0) is 93.8 Å². The Kier molecular flexibility index (Phi) is 8.51. The van der Waals surface area contributed by atoms with Crippen LogP contribution in [0.25, 0.3) is 11.0 Å². The molecule has 0 saturated heterocycles. The van der Waals surface area contributed by atoms with Crippen molar-refractivity contribution >= 4 is 77.5 Å². The van der Waals surface area contributed by atoms with E-state index in [-0.39, 0.29) is 5.76 Å². The van der Waals surface area contributed by atoms with Crippen LogP contribution in [0, 0.1) is 10.5 Å². The molecule has 0 bridgehead atoms. The first-order valence-corrected chi connectivity index (χ1v) is 13.4. The lowest BCUT2D eigenvalue weighted by molar-refractivity contribution is 0.0929. The topological polar surface area (TPSA) is 73.1 Å². The lowest BCUT2D eigenvalue weighted by Crippen LogP contribution is -2.16. The quantitative estimate of drug-likeness (QED) is 0.116. The standard InChI is InChI=1S/C26H21Br2IN2O4/c1-3-33-22-9-17(8-21(29)25(22)34-14-16-6-4-5-15(2)7-16)13-30-31-26(32)23-11-18-10-19(27)12-20(28)24(18)35-23/h4-13H,3,14H2,1-2H3,(H,31,32)/b30-13-. The first-order chi connectivity index (χ1) is 16.8. The number of hydrogen-bond donors (Lipinski definition) is 1. The molecular formula is C26H21Br2IN2O4. The van der Waals surface area contributed by atoms with E-state index in [0.717, 1.165) is 29.0 Å². The van der Waals surface area contributed by atoms with E-state index in [0.29, 0.717) is 30.3 Å². The highest BCUT2D eigenvalue weighted by Crippen LogP contribution is 2.35. The van der Waals surface area contributed by atoms with Gasteiger partial charge in [-0.25, -0.2) is 5.43 Å². The number of rotatable bonds is 8. The lowest BCUT2D eigenvalue weighted by Gasteiger charge is -2.15. The Balaban J connectivity index is 1.48. The van der Waals surface area contributed by atoms with E-state index in [1.165, 1.54) is 5.56 Å². The van der Waals surface area contributed by atoms with Crippen molar-refractivity contribution in [1.29, 1.82) is 0 Å². The van der Waals surface area contributed by atoms with E-state index in [1.807, 2.05) is 43.3 Å². The van der Waals surface area contributed by atoms with Gasteiger partial charge in [-0.15, -0.1) is 0 Å². The van der Waals surface area contributed by atoms with E-state index in [4.69, 9.17) is 13.9 Å². The number of amides is 1. The molecule has 0 radical (unpaired) electrons. The molecule has 0 atom stereocenters. The third-order valence-corrected chi connectivity index (χ3v) is 6.78. The molecule has 3 aromatic carbocycles. The van der Waals surface area contributed by atoms with Crippen LogP contribution >= 0.6 is 54.5 Å². The third kappa shape index (κ3) is 6.45. The highest BCUT2D eigenvalue weighted by molar-refractivity contribution is 14.1. The highest BCUT2D eigenvalue weighted by atomic mass is 127. The second kappa shape index (κ2) is 11.6. The number of carbonyl (C=O) groups is 1. The molecular weight excluding hydrogens is 691 g/mol. The van der Waals surface area contributed by atoms with E-state index in [2.05, 4.69) is 84.0 Å². The second-order valence-corrected chi connectivity index (χ2v) is 10.6. The molecule has 180 valence electrons. The van der Waals surface area contributed by atoms with Gasteiger partial charge >= 0.3 is 5.91 Å². The van der Waals surface area contributed by atoms with E-state index >= 15 is 0 Å². The number of aryl methyl sites for hydroxylation is 1. The minimum Gasteiger partial charge on any atom is -0.490 e. The number of ether oxygens (including phenoxy) is 2. The van der Waals surface area contributed by atoms with Crippen LogP contribution in [0.4, 0.5) is 0 Å². The fraction of sp³-hybridized carbons (Fsp3) is 0.154. The molecule has 4 aromatic rings. The summed E-state index contributed by atoms with van der Waals surface area (Å²) in [7, 11) is 0. The number of halogens is 3. The second-order valence-electron chi connectivity index (χ2n) is 7.66. The zero-order valence-corrected chi connectivity index (χ0v) is 24.2. The Morgan fingerprint density at radius 2 is 1.97 bits per heavy atom. The Morgan fingerprint density at radius 1 is 1.14 bits per heavy atom. The maximum absolute atomic E-state index is 12.5. The molecule has 0 aliphatic carbocycles. The third-order valence-electron chi connectivity index (χ3n) is 4.94. The van der Waals surface area contributed by atoms with Crippen LogP contribution in [0.2, 0.25) is 0 Å². The van der Waals surface area contributed by atoms with Crippen LogP contribution in [0.1, 0.15) is 34.2 Å². The molecule has 4 rings (SSSR count). The largest absolute Gasteiger partial charge is 0.490 e. The Labute approximate surface area is 233 Å². The summed E-state index contributed by atoms with van der Waals surface area (Å²) in [4.78, 5) is 12.5. The van der Waals surface area contributed by atoms with Gasteiger partial charge in [0, 0.05) is 9.86 Å². The van der Waals surface area contributed by atoms with E-state index in [9.17, 15) is 4.79 Å². The van der Waals surface area contributed by atoms with Gasteiger partial charge in [0.25, 0.3) is 0 Å². The molecule has 9 heteroatoms. The van der Waals surface area contributed by atoms with Crippen molar-refractivity contribution in [2.75, 3.05) is 6.61 Å². The minimum absolute atomic E-state index is 0.167. The number of fused-ring (bicyclic) bond motifs is 1. The number of nitrogens with zero attached hydrogens (tertiary/aromatic N) is 1. The predicted molar refractivity (Wildman–Crippen MR) is 153 cm³/mol. The number of benzene rings is 3. The van der Waals surface area contributed by atoms with E-state index in [1.54, 1.807) is 12.3 Å². The van der Waals surface area contributed by atoms with Crippen molar-refractivity contribution in [3.63, 3.8) is 0 Å². The SMILES string of the molecule is CCOc1cc(/C=N\NC(=O)c2cc3cc(Br)cc(Br)c3o2)cc(I)c1OCc1cccc(C)c1. The summed E-state index contributed by atoms with van der Waals surface area (Å²) in [6.07, 6.45) is 1.56. The fourth-order valence-corrected chi connectivity index (χ4v) is 5.55. The molecule has 0 fully saturated rings. The van der Waals surface area contributed by atoms with Crippen LogP contribution in [-0.4, -0.2) is 18.7 Å². The summed E-state index contributed by atoms with van der Waals surface area (Å²) in [5.41, 5.74) is 6.14. The zero-order valence-electron chi connectivity index (χ0n) is 18.9. The van der Waals surface area contributed by atoms with Crippen molar-refractivity contribution in [2.45, 2.75) is 20.5 Å². The fourth-order valence-electron chi connectivity index (χ4n) is 3.43. The maximum Gasteiger partial charge on any atom is 0.307 e. The molecule has 1 heterocycles. The van der Waals surface area contributed by atoms with Gasteiger partial charge in [-0.1, -0.05) is 45.8 Å². The van der Waals surface area contributed by atoms with Gasteiger partial charge in [0.1, 0.15) is 12.2 Å². The van der Waals surface area contributed by atoms with E-state index < -0.39 is 5.91 Å². The first-order valence-electron chi connectivity index (χ1n) is 10.7. The number of furan rings is 1. The summed E-state index contributed by atoms with van der Waals surface area (Å²) in [6, 6.07) is 17.4. The minimum atomic E-state index is -0.446. The predicted octanol–water partition coefficient (Wildman–Crippen LogP) is 7.61. The Morgan fingerprint density at radius 3 is 2.74 bits per heavy atom. The number of hydrogen-bond acceptors (Lipinski definition) is 5. The summed E-state index contributed by atoms with van der Waals surface area (Å²) in [5.74, 6) is 1.01. The van der Waals surface area contributed by atoms with Crippen LogP contribution < -0.4 is 14.9 Å². The summed E-state index contributed by atoms with van der Waals surface area (Å²) in [5, 5.41) is 4.90. The smallest absolute Gasteiger partial charge is 0.307 e. The van der Waals surface area contributed by atoms with Crippen LogP contribution in [0.3, 0.4) is 0 Å². The van der Waals surface area contributed by atoms with Gasteiger partial charge in [0.05, 0.1) is 20.9 Å². The molecule has 1 N–H and O–H groups in total. The van der Waals surface area contributed by atoms with Gasteiger partial charge < -0.3 is 13.9 Å². The molecule has 6 nitrogen and oxygen atoms in total. The zero-order chi connectivity index (χ0) is 24.9. The summed E-state index contributed by atoms with van der Waals surface area (Å²) in [6.45, 7) is 4.90. The van der Waals surface area contributed by atoms with Crippen molar-refractivity contribution < 1.29 is 18.7 Å². The monoisotopic (exact) mass is 710 g/mol. The normalized spacial score (nSPS) is 11.2. The van der Waals surface area contributed by atoms with Gasteiger partial charge in [-0.2, -0.15) is 5.10 Å². The Bertz CT molecular complexity index is 1420. The Hall–Kier alpha value is -2.37. The molecule has 0 spiro atoms. The molecule has 35 heavy (non-hydrogen) atoms. The van der Waals surface area contributed by atoms with Crippen LogP contribution in [-0.2, 0) is 6.61 Å². The number of carbonyl (C=O) groups excluding carboxylic acids is 1. The molecule has 0 aliphatic rings. The average molecular weight is 712 g/mol. The number of hydrazone groups is 1. The van der Waals surface area contributed by atoms with Gasteiger partial charge in [-0.3, -0.25) is 4.79 Å². The van der Waals surface area contributed by atoms with Crippen molar-refractivity contribution in [3.05, 3.63) is 89.6 Å². The highest BCUT2D eigenvalue weighted by Gasteiger charge is 2.15. The maximum atomic E-state index is 12.5. The molecule has 0 aliphatic heterocycles. The summed E-state index contributed by atoms with van der Waals surface area (Å²) < 4.78 is 20.1. The van der Waals surface area contributed by atoms with Crippen LogP contribution in [0.15, 0.2) is 73.1 Å². The molecule has 0 unspecified atom stereocenters. The van der Waals surface area contributed by atoms with Crippen LogP contribution in [0.5, 0.6) is 11.5 Å². The van der Waals surface area contributed by atoms with Crippen molar-refractivity contribution in [1.82, 2.24) is 5.43 Å². The van der Waals surface area contributed by atoms with Gasteiger partial charge in [0.15, 0.2) is 17.3 Å². The number of nitrogens with one attached hydrogen (secondary N) is 1. The molecule has 1 amide bonds. The van der Waals surface area contributed by atoms with Crippen molar-refractivity contribution in [3.8, 4) is 11.5 Å². The summed E-state index contributed by atoms with van der Waals surface area (Å²) >= 11 is 9.09. The van der Waals surface area contributed by atoms with Crippen molar-refractivity contribution in [2.24, 2.45) is 5.10 Å². The molecule has 1 aromatic heterocycles. The first kappa shape index (κ1) is 25.7. The van der Waals surface area contributed by atoms with Gasteiger partial charge in [0.2, 0.25) is 0 Å².